The molecule has 422 valence electrons. The van der Waals surface area contributed by atoms with Gasteiger partial charge in [-0.2, -0.15) is 0 Å². The van der Waals surface area contributed by atoms with Crippen LogP contribution in [-0.4, -0.2) is 37.2 Å². The Balaban J connectivity index is 4.49. The smallest absolute Gasteiger partial charge is 0.306 e. The topological polar surface area (TPSA) is 78.9 Å². The number of carbonyl (C=O) groups excluding carboxylic acids is 3. The van der Waals surface area contributed by atoms with Crippen LogP contribution in [0.4, 0.5) is 0 Å². The zero-order valence-corrected chi connectivity index (χ0v) is 48.3. The minimum atomic E-state index is -0.813. The Kier molecular flexibility index (Phi) is 58.3. The van der Waals surface area contributed by atoms with Gasteiger partial charge in [-0.15, -0.1) is 0 Å². The Hall–Kier alpha value is -3.93. The minimum absolute atomic E-state index is 0.102. The highest BCUT2D eigenvalue weighted by molar-refractivity contribution is 5.71. The second-order valence-corrected chi connectivity index (χ2v) is 20.2. The lowest BCUT2D eigenvalue weighted by atomic mass is 10.0. The number of carbonyl (C=O) groups is 3. The fourth-order valence-electron chi connectivity index (χ4n) is 8.48. The summed E-state index contributed by atoms with van der Waals surface area (Å²) in [6.07, 6.45) is 83.8. The summed E-state index contributed by atoms with van der Waals surface area (Å²) in [5, 5.41) is 0. The van der Waals surface area contributed by atoms with Crippen LogP contribution in [0.5, 0.6) is 0 Å². The standard InChI is InChI=1S/C68H114O6/c1-4-7-10-13-16-19-22-25-28-31-34-37-40-43-46-49-52-55-58-61-67(70)73-64-65(63-72-66(69)60-57-54-51-48-45-42-39-36-33-30-27-24-21-18-15-12-9-6-3)74-68(71)62-59-56-53-50-47-44-41-38-35-32-29-26-23-20-17-14-11-8-5-2/h7-8,10-11,16-17,19-20,25-26,28-29,34,37,43,46,52,55,65H,4-6,9,12-15,18,21-24,27,30-33,35-36,38-42,44-45,47-51,53-54,56-64H2,1-3H3/b10-7-,11-8-,19-16-,20-17-,28-25-,29-26-,37-34-,46-43-,55-52-. The van der Waals surface area contributed by atoms with Gasteiger partial charge in [-0.25, -0.2) is 0 Å². The van der Waals surface area contributed by atoms with E-state index in [0.29, 0.717) is 19.3 Å². The largest absolute Gasteiger partial charge is 0.462 e. The minimum Gasteiger partial charge on any atom is -0.462 e. The van der Waals surface area contributed by atoms with Crippen LogP contribution in [0.1, 0.15) is 284 Å². The summed E-state index contributed by atoms with van der Waals surface area (Å²) < 4.78 is 16.9. The quantitative estimate of drug-likeness (QED) is 0.0261. The molecule has 0 fully saturated rings. The molecule has 6 heteroatoms. The molecule has 0 saturated carbocycles. The lowest BCUT2D eigenvalue weighted by Crippen LogP contribution is -2.30. The first-order valence-electron chi connectivity index (χ1n) is 30.9. The number of ether oxygens (including phenoxy) is 3. The predicted octanol–water partition coefficient (Wildman–Crippen LogP) is 21.0. The van der Waals surface area contributed by atoms with E-state index in [0.717, 1.165) is 103 Å². The van der Waals surface area contributed by atoms with Crippen molar-refractivity contribution in [1.29, 1.82) is 0 Å². The first-order chi connectivity index (χ1) is 36.5. The maximum Gasteiger partial charge on any atom is 0.306 e. The highest BCUT2D eigenvalue weighted by atomic mass is 16.6. The first-order valence-corrected chi connectivity index (χ1v) is 30.9. The summed E-state index contributed by atoms with van der Waals surface area (Å²) in [5.74, 6) is -0.988. The molecule has 0 aromatic rings. The molecule has 0 aliphatic carbocycles. The Bertz CT molecular complexity index is 1510. The van der Waals surface area contributed by atoms with Crippen LogP contribution in [0.2, 0.25) is 0 Å². The lowest BCUT2D eigenvalue weighted by molar-refractivity contribution is -0.166. The lowest BCUT2D eigenvalue weighted by Gasteiger charge is -2.18. The van der Waals surface area contributed by atoms with Crippen molar-refractivity contribution in [1.82, 2.24) is 0 Å². The van der Waals surface area contributed by atoms with Crippen LogP contribution in [0.3, 0.4) is 0 Å². The molecule has 1 atom stereocenters. The van der Waals surface area contributed by atoms with Crippen LogP contribution in [-0.2, 0) is 28.6 Å². The van der Waals surface area contributed by atoms with Gasteiger partial charge in [0.15, 0.2) is 6.10 Å². The molecule has 0 N–H and O–H groups in total. The van der Waals surface area contributed by atoms with Crippen LogP contribution in [0.25, 0.3) is 0 Å². The number of unbranched alkanes of at least 4 members (excludes halogenated alkanes) is 26. The number of rotatable bonds is 55. The Morgan fingerprint density at radius 2 is 0.554 bits per heavy atom. The predicted molar refractivity (Wildman–Crippen MR) is 320 cm³/mol. The van der Waals surface area contributed by atoms with Gasteiger partial charge in [0.2, 0.25) is 0 Å². The molecule has 0 amide bonds. The normalized spacial score (nSPS) is 12.9. The van der Waals surface area contributed by atoms with Gasteiger partial charge in [-0.3, -0.25) is 14.4 Å². The average molecular weight is 1030 g/mol. The van der Waals surface area contributed by atoms with E-state index in [-0.39, 0.29) is 37.5 Å². The van der Waals surface area contributed by atoms with Crippen LogP contribution >= 0.6 is 0 Å². The second-order valence-electron chi connectivity index (χ2n) is 20.2. The van der Waals surface area contributed by atoms with E-state index in [1.54, 1.807) is 0 Å². The van der Waals surface area contributed by atoms with E-state index >= 15 is 0 Å². The van der Waals surface area contributed by atoms with E-state index in [1.165, 1.54) is 135 Å². The van der Waals surface area contributed by atoms with Gasteiger partial charge >= 0.3 is 17.9 Å². The highest BCUT2D eigenvalue weighted by Gasteiger charge is 2.19. The molecule has 0 bridgehead atoms. The molecule has 0 aromatic carbocycles. The highest BCUT2D eigenvalue weighted by Crippen LogP contribution is 2.16. The maximum absolute atomic E-state index is 12.9. The summed E-state index contributed by atoms with van der Waals surface area (Å²) in [5.41, 5.74) is 0. The van der Waals surface area contributed by atoms with Crippen molar-refractivity contribution in [3.05, 3.63) is 109 Å². The number of allylic oxidation sites excluding steroid dienone is 18. The van der Waals surface area contributed by atoms with Crippen LogP contribution < -0.4 is 0 Å². The van der Waals surface area contributed by atoms with Gasteiger partial charge in [0.05, 0.1) is 0 Å². The van der Waals surface area contributed by atoms with Crippen molar-refractivity contribution < 1.29 is 28.6 Å². The van der Waals surface area contributed by atoms with Crippen molar-refractivity contribution in [2.24, 2.45) is 0 Å². The van der Waals surface area contributed by atoms with Crippen molar-refractivity contribution in [3.63, 3.8) is 0 Å². The third-order valence-electron chi connectivity index (χ3n) is 13.0. The molecule has 1 unspecified atom stereocenters. The SMILES string of the molecule is CC/C=C\C/C=C\C/C=C\C/C=C\C/C=C\C/C=C\CCC(=O)OCC(COC(=O)CCCCCCCCCCCCCCCCCCCC)OC(=O)CCCCCCCCCCC/C=C\C/C=C\C/C=C\CC. The summed E-state index contributed by atoms with van der Waals surface area (Å²) in [6, 6.07) is 0. The Morgan fingerprint density at radius 3 is 0.905 bits per heavy atom. The van der Waals surface area contributed by atoms with Gasteiger partial charge < -0.3 is 14.2 Å². The first kappa shape index (κ1) is 70.1. The molecule has 0 spiro atoms. The summed E-state index contributed by atoms with van der Waals surface area (Å²) >= 11 is 0. The van der Waals surface area contributed by atoms with Crippen LogP contribution in [0.15, 0.2) is 109 Å². The summed E-state index contributed by atoms with van der Waals surface area (Å²) in [6.45, 7) is 6.37. The summed E-state index contributed by atoms with van der Waals surface area (Å²) in [7, 11) is 0. The van der Waals surface area contributed by atoms with E-state index < -0.39 is 6.10 Å². The van der Waals surface area contributed by atoms with Gasteiger partial charge in [-0.05, 0) is 89.9 Å². The van der Waals surface area contributed by atoms with Crippen molar-refractivity contribution in [3.8, 4) is 0 Å². The summed E-state index contributed by atoms with van der Waals surface area (Å²) in [4.78, 5) is 38.3. The second kappa shape index (κ2) is 61.6. The fourth-order valence-corrected chi connectivity index (χ4v) is 8.48. The zero-order valence-electron chi connectivity index (χ0n) is 48.3. The Morgan fingerprint density at radius 1 is 0.284 bits per heavy atom. The van der Waals surface area contributed by atoms with E-state index in [1.807, 2.05) is 6.08 Å². The molecule has 0 rings (SSSR count). The monoisotopic (exact) mass is 1030 g/mol. The van der Waals surface area contributed by atoms with E-state index in [9.17, 15) is 14.4 Å². The molecule has 6 nitrogen and oxygen atoms in total. The molecule has 74 heavy (non-hydrogen) atoms. The fraction of sp³-hybridized carbons (Fsp3) is 0.691. The average Bonchev–Trinajstić information content (AvgIpc) is 3.40. The molecule has 0 saturated heterocycles. The molecule has 0 aliphatic rings. The van der Waals surface area contributed by atoms with Crippen LogP contribution in [0, 0.1) is 0 Å². The maximum atomic E-state index is 12.9. The number of hydrogen-bond acceptors (Lipinski definition) is 6. The third-order valence-corrected chi connectivity index (χ3v) is 13.0. The molecule has 0 aromatic heterocycles. The number of esters is 3. The molecule has 0 radical (unpaired) electrons. The van der Waals surface area contributed by atoms with E-state index in [4.69, 9.17) is 14.2 Å². The molecule has 0 heterocycles. The van der Waals surface area contributed by atoms with Gasteiger partial charge in [-0.1, -0.05) is 284 Å². The van der Waals surface area contributed by atoms with E-state index in [2.05, 4.69) is 124 Å². The number of hydrogen-bond donors (Lipinski definition) is 0. The molecule has 0 aliphatic heterocycles. The van der Waals surface area contributed by atoms with Crippen molar-refractivity contribution in [2.75, 3.05) is 13.2 Å². The third kappa shape index (κ3) is 59.0. The molecular formula is C68H114O6. The van der Waals surface area contributed by atoms with Gasteiger partial charge in [0.1, 0.15) is 13.2 Å². The van der Waals surface area contributed by atoms with Crippen molar-refractivity contribution in [2.45, 2.75) is 290 Å². The molecular weight excluding hydrogens is 913 g/mol. The van der Waals surface area contributed by atoms with Gasteiger partial charge in [0.25, 0.3) is 0 Å². The zero-order chi connectivity index (χ0) is 53.6. The Labute approximate surface area is 457 Å². The van der Waals surface area contributed by atoms with Gasteiger partial charge in [0, 0.05) is 19.3 Å². The van der Waals surface area contributed by atoms with Crippen molar-refractivity contribution >= 4 is 17.9 Å².